The predicted octanol–water partition coefficient (Wildman–Crippen LogP) is 2.27. The number of hydrogen-bond acceptors (Lipinski definition) is 3. The fourth-order valence-electron chi connectivity index (χ4n) is 4.25. The zero-order chi connectivity index (χ0) is 13.7. The van der Waals surface area contributed by atoms with Gasteiger partial charge >= 0.3 is 0 Å². The van der Waals surface area contributed by atoms with E-state index in [-0.39, 0.29) is 12.7 Å². The summed E-state index contributed by atoms with van der Waals surface area (Å²) in [7, 11) is 2.17. The van der Waals surface area contributed by atoms with Gasteiger partial charge in [-0.1, -0.05) is 32.1 Å². The zero-order valence-corrected chi connectivity index (χ0v) is 12.4. The number of hydrogen-bond donors (Lipinski definition) is 2. The van der Waals surface area contributed by atoms with E-state index in [1.54, 1.807) is 0 Å². The Morgan fingerprint density at radius 1 is 0.947 bits per heavy atom. The smallest absolute Gasteiger partial charge is 0.0571 e. The van der Waals surface area contributed by atoms with Crippen LogP contribution >= 0.6 is 0 Å². The van der Waals surface area contributed by atoms with Gasteiger partial charge in [0.05, 0.1) is 6.10 Å². The molecule has 3 nitrogen and oxygen atoms in total. The van der Waals surface area contributed by atoms with Gasteiger partial charge in [-0.25, -0.2) is 0 Å². The van der Waals surface area contributed by atoms with Crippen LogP contribution in [0.4, 0.5) is 0 Å². The molecule has 0 radical (unpaired) electrons. The number of likely N-dealkylation sites (tertiary alicyclic amines) is 1. The van der Waals surface area contributed by atoms with Gasteiger partial charge in [0, 0.05) is 19.7 Å². The van der Waals surface area contributed by atoms with Crippen LogP contribution in [0.3, 0.4) is 0 Å². The molecule has 1 saturated heterocycles. The maximum Gasteiger partial charge on any atom is 0.0571 e. The van der Waals surface area contributed by atoms with E-state index in [2.05, 4.69) is 11.9 Å². The Labute approximate surface area is 118 Å². The molecule has 0 bridgehead atoms. The van der Waals surface area contributed by atoms with Gasteiger partial charge in [-0.05, 0) is 44.1 Å². The first-order valence-electron chi connectivity index (χ1n) is 8.20. The van der Waals surface area contributed by atoms with E-state index in [4.69, 9.17) is 0 Å². The highest BCUT2D eigenvalue weighted by Gasteiger charge is 2.38. The molecule has 0 aromatic carbocycles. The summed E-state index contributed by atoms with van der Waals surface area (Å²) >= 11 is 0. The Kier molecular flexibility index (Phi) is 6.11. The van der Waals surface area contributed by atoms with Crippen LogP contribution in [0.1, 0.15) is 51.4 Å². The summed E-state index contributed by atoms with van der Waals surface area (Å²) < 4.78 is 0. The predicted molar refractivity (Wildman–Crippen MR) is 78.0 cm³/mol. The molecule has 1 aliphatic heterocycles. The molecular formula is C16H31NO2. The van der Waals surface area contributed by atoms with Crippen LogP contribution in [0.5, 0.6) is 0 Å². The van der Waals surface area contributed by atoms with Crippen molar-refractivity contribution in [1.82, 2.24) is 4.90 Å². The van der Waals surface area contributed by atoms with Gasteiger partial charge in [0.1, 0.15) is 0 Å². The van der Waals surface area contributed by atoms with E-state index in [0.29, 0.717) is 17.8 Å². The van der Waals surface area contributed by atoms with E-state index in [1.807, 2.05) is 0 Å². The van der Waals surface area contributed by atoms with Gasteiger partial charge in [-0.15, -0.1) is 0 Å². The Hall–Kier alpha value is -0.120. The van der Waals surface area contributed by atoms with E-state index in [0.717, 1.165) is 25.9 Å². The highest BCUT2D eigenvalue weighted by molar-refractivity contribution is 4.89. The van der Waals surface area contributed by atoms with Crippen LogP contribution in [0.2, 0.25) is 0 Å². The lowest BCUT2D eigenvalue weighted by Crippen LogP contribution is -2.33. The molecule has 3 heteroatoms. The summed E-state index contributed by atoms with van der Waals surface area (Å²) in [5.41, 5.74) is 0. The van der Waals surface area contributed by atoms with Crippen LogP contribution in [-0.2, 0) is 0 Å². The van der Waals surface area contributed by atoms with E-state index >= 15 is 0 Å². The lowest BCUT2D eigenvalue weighted by Gasteiger charge is -2.31. The Bertz CT molecular complexity index is 259. The fraction of sp³-hybridized carbons (Fsp3) is 1.00. The van der Waals surface area contributed by atoms with Gasteiger partial charge in [0.2, 0.25) is 0 Å². The number of aliphatic hydroxyl groups is 2. The van der Waals surface area contributed by atoms with Crippen molar-refractivity contribution < 1.29 is 10.2 Å². The first-order chi connectivity index (χ1) is 9.22. The van der Waals surface area contributed by atoms with Crippen LogP contribution in [0.25, 0.3) is 0 Å². The Balaban J connectivity index is 2.02. The number of aliphatic hydroxyl groups excluding tert-OH is 2. The van der Waals surface area contributed by atoms with E-state index < -0.39 is 0 Å². The van der Waals surface area contributed by atoms with Crippen molar-refractivity contribution in [2.75, 3.05) is 26.7 Å². The first-order valence-corrected chi connectivity index (χ1v) is 8.20. The molecule has 2 fully saturated rings. The lowest BCUT2D eigenvalue weighted by molar-refractivity contribution is 0.0456. The average molecular weight is 269 g/mol. The molecule has 1 heterocycles. The maximum absolute atomic E-state index is 10.6. The van der Waals surface area contributed by atoms with Crippen LogP contribution in [0, 0.1) is 17.8 Å². The summed E-state index contributed by atoms with van der Waals surface area (Å²) in [4.78, 5) is 2.38. The van der Waals surface area contributed by atoms with Gasteiger partial charge in [0.25, 0.3) is 0 Å². The molecule has 0 aromatic heterocycles. The second-order valence-corrected chi connectivity index (χ2v) is 6.73. The molecule has 1 aliphatic carbocycles. The van der Waals surface area contributed by atoms with Crippen LogP contribution in [0.15, 0.2) is 0 Å². The number of nitrogens with zero attached hydrogens (tertiary/aromatic N) is 1. The molecule has 4 atom stereocenters. The molecular weight excluding hydrogens is 238 g/mol. The molecule has 2 rings (SSSR count). The third kappa shape index (κ3) is 4.17. The largest absolute Gasteiger partial charge is 0.396 e. The van der Waals surface area contributed by atoms with Crippen molar-refractivity contribution in [3.8, 4) is 0 Å². The molecule has 0 amide bonds. The molecule has 1 saturated carbocycles. The summed E-state index contributed by atoms with van der Waals surface area (Å²) in [6.45, 7) is 2.48. The molecule has 19 heavy (non-hydrogen) atoms. The normalized spacial score (nSPS) is 38.7. The quantitative estimate of drug-likeness (QED) is 0.826. The van der Waals surface area contributed by atoms with Gasteiger partial charge in [0.15, 0.2) is 0 Å². The third-order valence-electron chi connectivity index (χ3n) is 5.26. The highest BCUT2D eigenvalue weighted by atomic mass is 16.3. The Morgan fingerprint density at radius 2 is 1.63 bits per heavy atom. The third-order valence-corrected chi connectivity index (χ3v) is 5.26. The Morgan fingerprint density at radius 3 is 2.37 bits per heavy atom. The maximum atomic E-state index is 10.6. The molecule has 2 aliphatic rings. The van der Waals surface area contributed by atoms with Crippen molar-refractivity contribution >= 4 is 0 Å². The molecule has 4 unspecified atom stereocenters. The minimum atomic E-state index is -0.115. The second kappa shape index (κ2) is 7.61. The molecule has 112 valence electrons. The SMILES string of the molecule is CN1CC(CCO)C(C2CCCCCCCC2O)C1. The van der Waals surface area contributed by atoms with E-state index in [9.17, 15) is 10.2 Å². The fourth-order valence-corrected chi connectivity index (χ4v) is 4.25. The minimum absolute atomic E-state index is 0.115. The van der Waals surface area contributed by atoms with Gasteiger partial charge in [-0.2, -0.15) is 0 Å². The summed E-state index contributed by atoms with van der Waals surface area (Å²) in [6, 6.07) is 0. The van der Waals surface area contributed by atoms with Crippen molar-refractivity contribution in [2.24, 2.45) is 17.8 Å². The van der Waals surface area contributed by atoms with Crippen molar-refractivity contribution in [3.05, 3.63) is 0 Å². The van der Waals surface area contributed by atoms with Crippen molar-refractivity contribution in [1.29, 1.82) is 0 Å². The van der Waals surface area contributed by atoms with Gasteiger partial charge in [-0.3, -0.25) is 0 Å². The van der Waals surface area contributed by atoms with Crippen LogP contribution < -0.4 is 0 Å². The molecule has 0 aromatic rings. The summed E-state index contributed by atoms with van der Waals surface area (Å²) in [6.07, 6.45) is 9.36. The average Bonchev–Trinajstić information content (AvgIpc) is 2.77. The van der Waals surface area contributed by atoms with Crippen molar-refractivity contribution in [3.63, 3.8) is 0 Å². The van der Waals surface area contributed by atoms with Gasteiger partial charge < -0.3 is 15.1 Å². The lowest BCUT2D eigenvalue weighted by atomic mass is 9.76. The van der Waals surface area contributed by atoms with Crippen LogP contribution in [-0.4, -0.2) is 48.0 Å². The standard InChI is InChI=1S/C16H31NO2/c1-17-11-13(9-10-18)15(12-17)14-7-5-3-2-4-6-8-16(14)19/h13-16,18-19H,2-12H2,1H3. The van der Waals surface area contributed by atoms with Crippen molar-refractivity contribution in [2.45, 2.75) is 57.5 Å². The minimum Gasteiger partial charge on any atom is -0.396 e. The van der Waals surface area contributed by atoms with E-state index in [1.165, 1.54) is 38.5 Å². The topological polar surface area (TPSA) is 43.7 Å². The molecule has 0 spiro atoms. The number of rotatable bonds is 3. The monoisotopic (exact) mass is 269 g/mol. The summed E-state index contributed by atoms with van der Waals surface area (Å²) in [5.74, 6) is 1.63. The first kappa shape index (κ1) is 15.3. The molecule has 2 N–H and O–H groups in total. The second-order valence-electron chi connectivity index (χ2n) is 6.73. The summed E-state index contributed by atoms with van der Waals surface area (Å²) in [5, 5.41) is 19.8. The zero-order valence-electron chi connectivity index (χ0n) is 12.4. The highest BCUT2D eigenvalue weighted by Crippen LogP contribution is 2.37.